The SMILES string of the molecule is c1ccc(-c2ccc(-n3c4ccccc4c4cc(-c5ccc6sc7cc(N(c8ccccc8)c8ccc9ccccc9c8)ccc7c6c5)ccc43)cc2)cc1. The van der Waals surface area contributed by atoms with Gasteiger partial charge in [0.1, 0.15) is 0 Å². The molecular weight excluding hydrogens is 685 g/mol. The van der Waals surface area contributed by atoms with E-state index in [1.54, 1.807) is 0 Å². The van der Waals surface area contributed by atoms with E-state index >= 15 is 0 Å². The lowest BCUT2D eigenvalue weighted by Crippen LogP contribution is -2.09. The average molecular weight is 719 g/mol. The molecule has 0 saturated heterocycles. The van der Waals surface area contributed by atoms with Gasteiger partial charge >= 0.3 is 0 Å². The number of anilines is 3. The van der Waals surface area contributed by atoms with Gasteiger partial charge in [0.15, 0.2) is 0 Å². The van der Waals surface area contributed by atoms with Crippen LogP contribution in [-0.2, 0) is 0 Å². The molecule has 2 nitrogen and oxygen atoms in total. The highest BCUT2D eigenvalue weighted by molar-refractivity contribution is 7.25. The Hall–Kier alpha value is -6.94. The van der Waals surface area contributed by atoms with E-state index in [1.807, 2.05) is 11.3 Å². The van der Waals surface area contributed by atoms with Crippen LogP contribution in [0.5, 0.6) is 0 Å². The summed E-state index contributed by atoms with van der Waals surface area (Å²) < 4.78 is 4.97. The maximum Gasteiger partial charge on any atom is 0.0541 e. The number of aromatic nitrogens is 1. The Balaban J connectivity index is 0.990. The molecule has 3 heteroatoms. The van der Waals surface area contributed by atoms with Crippen molar-refractivity contribution in [3.63, 3.8) is 0 Å². The third-order valence-corrected chi connectivity index (χ3v) is 12.1. The molecule has 11 aromatic rings. The van der Waals surface area contributed by atoms with Gasteiger partial charge < -0.3 is 9.47 Å². The Kier molecular flexibility index (Phi) is 7.39. The van der Waals surface area contributed by atoms with Gasteiger partial charge in [-0.05, 0) is 112 Å². The molecule has 9 aromatic carbocycles. The lowest BCUT2D eigenvalue weighted by molar-refractivity contribution is 1.18. The summed E-state index contributed by atoms with van der Waals surface area (Å²) in [6.07, 6.45) is 0. The van der Waals surface area contributed by atoms with Crippen LogP contribution in [0.3, 0.4) is 0 Å². The number of nitrogens with zero attached hydrogens (tertiary/aromatic N) is 2. The summed E-state index contributed by atoms with van der Waals surface area (Å²) in [6, 6.07) is 75.1. The second-order valence-electron chi connectivity index (χ2n) is 14.2. The Morgan fingerprint density at radius 2 is 0.945 bits per heavy atom. The Morgan fingerprint density at radius 3 is 1.78 bits per heavy atom. The Labute approximate surface area is 323 Å². The van der Waals surface area contributed by atoms with Gasteiger partial charge in [0.2, 0.25) is 0 Å². The standard InChI is InChI=1S/C52H34N2S/c1-3-11-35(12-4-1)37-19-24-42(25-20-37)54-49-18-10-9-17-45(49)47-32-39(22-29-50(47)54)40-23-30-51-48(33-40)46-28-27-44(34-52(46)55-51)53(41-15-5-2-6-16-41)43-26-21-36-13-7-8-14-38(36)31-43/h1-34H. The van der Waals surface area contributed by atoms with Crippen LogP contribution in [0.25, 0.3) is 80.7 Å². The van der Waals surface area contributed by atoms with Crippen molar-refractivity contribution in [2.24, 2.45) is 0 Å². The second kappa shape index (κ2) is 12.9. The lowest BCUT2D eigenvalue weighted by atomic mass is 10.0. The van der Waals surface area contributed by atoms with Gasteiger partial charge in [-0.3, -0.25) is 0 Å². The number of hydrogen-bond donors (Lipinski definition) is 0. The summed E-state index contributed by atoms with van der Waals surface area (Å²) in [7, 11) is 0. The fraction of sp³-hybridized carbons (Fsp3) is 0. The summed E-state index contributed by atoms with van der Waals surface area (Å²) >= 11 is 1.86. The summed E-state index contributed by atoms with van der Waals surface area (Å²) in [5, 5.41) is 7.58. The van der Waals surface area contributed by atoms with Crippen molar-refractivity contribution in [1.29, 1.82) is 0 Å². The van der Waals surface area contributed by atoms with E-state index in [2.05, 4.69) is 216 Å². The first-order valence-corrected chi connectivity index (χ1v) is 19.6. The first-order valence-electron chi connectivity index (χ1n) is 18.7. The maximum absolute atomic E-state index is 2.40. The fourth-order valence-corrected chi connectivity index (χ4v) is 9.41. The van der Waals surface area contributed by atoms with Gasteiger partial charge in [-0.15, -0.1) is 11.3 Å². The highest BCUT2D eigenvalue weighted by Gasteiger charge is 2.17. The van der Waals surface area contributed by atoms with E-state index in [0.29, 0.717) is 0 Å². The number of fused-ring (bicyclic) bond motifs is 7. The Morgan fingerprint density at radius 1 is 0.327 bits per heavy atom. The molecule has 2 aromatic heterocycles. The number of rotatable bonds is 6. The van der Waals surface area contributed by atoms with Crippen LogP contribution in [0.1, 0.15) is 0 Å². The van der Waals surface area contributed by atoms with Gasteiger partial charge in [0.05, 0.1) is 11.0 Å². The minimum Gasteiger partial charge on any atom is -0.310 e. The van der Waals surface area contributed by atoms with Gasteiger partial charge in [-0.1, -0.05) is 127 Å². The molecule has 0 aliphatic carbocycles. The van der Waals surface area contributed by atoms with Crippen LogP contribution >= 0.6 is 11.3 Å². The average Bonchev–Trinajstić information content (AvgIpc) is 3.79. The molecule has 0 saturated carbocycles. The fourth-order valence-electron chi connectivity index (χ4n) is 8.29. The predicted octanol–water partition coefficient (Wildman–Crippen LogP) is 15.1. The molecular formula is C52H34N2S. The summed E-state index contributed by atoms with van der Waals surface area (Å²) in [4.78, 5) is 2.37. The largest absolute Gasteiger partial charge is 0.310 e. The summed E-state index contributed by atoms with van der Waals surface area (Å²) in [5.41, 5.74) is 11.9. The van der Waals surface area contributed by atoms with Crippen molar-refractivity contribution in [2.75, 3.05) is 4.90 Å². The number of hydrogen-bond acceptors (Lipinski definition) is 2. The van der Waals surface area contributed by atoms with Crippen molar-refractivity contribution in [3.05, 3.63) is 206 Å². The van der Waals surface area contributed by atoms with Gasteiger partial charge in [-0.25, -0.2) is 0 Å². The molecule has 55 heavy (non-hydrogen) atoms. The first kappa shape index (κ1) is 31.6. The minimum absolute atomic E-state index is 1.14. The van der Waals surface area contributed by atoms with Crippen LogP contribution in [-0.4, -0.2) is 4.57 Å². The van der Waals surface area contributed by atoms with E-state index in [9.17, 15) is 0 Å². The van der Waals surface area contributed by atoms with E-state index < -0.39 is 0 Å². The molecule has 0 radical (unpaired) electrons. The zero-order valence-electron chi connectivity index (χ0n) is 29.9. The predicted molar refractivity (Wildman–Crippen MR) is 237 cm³/mol. The van der Waals surface area contributed by atoms with E-state index in [4.69, 9.17) is 0 Å². The molecule has 0 aliphatic heterocycles. The molecule has 0 atom stereocenters. The lowest BCUT2D eigenvalue weighted by Gasteiger charge is -2.26. The zero-order valence-corrected chi connectivity index (χ0v) is 30.7. The first-order chi connectivity index (χ1) is 27.2. The summed E-state index contributed by atoms with van der Waals surface area (Å²) in [5.74, 6) is 0. The van der Waals surface area contributed by atoms with Gasteiger partial charge in [-0.2, -0.15) is 0 Å². The molecule has 2 heterocycles. The quantitative estimate of drug-likeness (QED) is 0.166. The van der Waals surface area contributed by atoms with Crippen LogP contribution < -0.4 is 4.90 Å². The molecule has 0 N–H and O–H groups in total. The zero-order chi connectivity index (χ0) is 36.3. The van der Waals surface area contributed by atoms with E-state index in [0.717, 1.165) is 22.7 Å². The third kappa shape index (κ3) is 5.40. The monoisotopic (exact) mass is 718 g/mol. The van der Waals surface area contributed by atoms with Crippen molar-refractivity contribution >= 4 is 81.1 Å². The maximum atomic E-state index is 2.40. The minimum atomic E-state index is 1.14. The highest BCUT2D eigenvalue weighted by Crippen LogP contribution is 2.43. The topological polar surface area (TPSA) is 8.17 Å². The normalized spacial score (nSPS) is 11.6. The van der Waals surface area contributed by atoms with E-state index in [-0.39, 0.29) is 0 Å². The van der Waals surface area contributed by atoms with Crippen molar-refractivity contribution in [2.45, 2.75) is 0 Å². The van der Waals surface area contributed by atoms with Crippen LogP contribution in [0.15, 0.2) is 206 Å². The van der Waals surface area contributed by atoms with Crippen LogP contribution in [0.4, 0.5) is 17.1 Å². The van der Waals surface area contributed by atoms with Crippen LogP contribution in [0, 0.1) is 0 Å². The van der Waals surface area contributed by atoms with E-state index in [1.165, 1.54) is 75.0 Å². The molecule has 0 fully saturated rings. The smallest absolute Gasteiger partial charge is 0.0541 e. The van der Waals surface area contributed by atoms with Crippen molar-refractivity contribution in [3.8, 4) is 27.9 Å². The highest BCUT2D eigenvalue weighted by atomic mass is 32.1. The van der Waals surface area contributed by atoms with Gasteiger partial charge in [0.25, 0.3) is 0 Å². The molecule has 0 aliphatic rings. The molecule has 0 bridgehead atoms. The number of para-hydroxylation sites is 2. The van der Waals surface area contributed by atoms with Crippen molar-refractivity contribution in [1.82, 2.24) is 4.57 Å². The molecule has 11 rings (SSSR count). The second-order valence-corrected chi connectivity index (χ2v) is 15.3. The molecule has 258 valence electrons. The van der Waals surface area contributed by atoms with Gasteiger partial charge in [0, 0.05) is 53.7 Å². The van der Waals surface area contributed by atoms with Crippen molar-refractivity contribution < 1.29 is 0 Å². The number of thiophene rings is 1. The number of benzene rings is 9. The Bertz CT molecular complexity index is 3190. The molecule has 0 unspecified atom stereocenters. The third-order valence-electron chi connectivity index (χ3n) is 11.0. The summed E-state index contributed by atoms with van der Waals surface area (Å²) in [6.45, 7) is 0. The van der Waals surface area contributed by atoms with Crippen LogP contribution in [0.2, 0.25) is 0 Å². The molecule has 0 spiro atoms. The molecule has 0 amide bonds.